The number of amides is 1. The molecule has 0 spiro atoms. The molecule has 1 aromatic carbocycles. The monoisotopic (exact) mass is 338 g/mol. The van der Waals surface area contributed by atoms with Crippen LogP contribution in [-0.4, -0.2) is 33.2 Å². The number of hydrogen-bond donors (Lipinski definition) is 2. The maximum absolute atomic E-state index is 12.5. The summed E-state index contributed by atoms with van der Waals surface area (Å²) < 4.78 is 25.5. The smallest absolute Gasteiger partial charge is 0.238 e. The molecule has 128 valence electrons. The fourth-order valence-electron chi connectivity index (χ4n) is 2.77. The van der Waals surface area contributed by atoms with Crippen LogP contribution in [0.2, 0.25) is 0 Å². The predicted molar refractivity (Wildman–Crippen MR) is 91.6 cm³/mol. The second kappa shape index (κ2) is 7.01. The first-order chi connectivity index (χ1) is 10.8. The van der Waals surface area contributed by atoms with Gasteiger partial charge in [-0.15, -0.1) is 0 Å². The van der Waals surface area contributed by atoms with Crippen LogP contribution in [0, 0.1) is 5.92 Å². The van der Waals surface area contributed by atoms with E-state index in [0.717, 1.165) is 25.5 Å². The third kappa shape index (κ3) is 4.78. The molecule has 1 aliphatic rings. The van der Waals surface area contributed by atoms with Gasteiger partial charge in [0.1, 0.15) is 6.04 Å². The third-order valence-corrected chi connectivity index (χ3v) is 5.36. The van der Waals surface area contributed by atoms with E-state index in [1.54, 1.807) is 0 Å². The number of carbonyl (C=O) groups excluding carboxylic acids is 1. The summed E-state index contributed by atoms with van der Waals surface area (Å²) in [6, 6.07) is 9.43. The molecule has 0 bridgehead atoms. The zero-order valence-electron chi connectivity index (χ0n) is 14.0. The van der Waals surface area contributed by atoms with E-state index in [9.17, 15) is 13.2 Å². The Morgan fingerprint density at radius 3 is 2.35 bits per heavy atom. The molecule has 6 heteroatoms. The highest BCUT2D eigenvalue weighted by atomic mass is 32.2. The van der Waals surface area contributed by atoms with Gasteiger partial charge in [0.2, 0.25) is 15.9 Å². The Balaban J connectivity index is 2.02. The van der Waals surface area contributed by atoms with Crippen LogP contribution in [0.5, 0.6) is 0 Å². The van der Waals surface area contributed by atoms with Gasteiger partial charge in [0.05, 0.1) is 6.26 Å². The number of hydrogen-bond acceptors (Lipinski definition) is 3. The lowest BCUT2D eigenvalue weighted by atomic mass is 9.95. The third-order valence-electron chi connectivity index (χ3n) is 4.68. The number of rotatable bonds is 8. The van der Waals surface area contributed by atoms with Crippen molar-refractivity contribution in [3.05, 3.63) is 35.9 Å². The molecule has 5 nitrogen and oxygen atoms in total. The van der Waals surface area contributed by atoms with Gasteiger partial charge in [-0.05, 0) is 24.3 Å². The van der Waals surface area contributed by atoms with Crippen molar-refractivity contribution < 1.29 is 13.2 Å². The summed E-state index contributed by atoms with van der Waals surface area (Å²) in [4.78, 5) is 12.5. The van der Waals surface area contributed by atoms with Crippen molar-refractivity contribution in [3.63, 3.8) is 0 Å². The first-order valence-electron chi connectivity index (χ1n) is 8.08. The summed E-state index contributed by atoms with van der Waals surface area (Å²) in [5, 5.41) is 2.96. The summed E-state index contributed by atoms with van der Waals surface area (Å²) in [6.07, 6.45) is 3.90. The van der Waals surface area contributed by atoms with Crippen LogP contribution in [0.1, 0.15) is 38.7 Å². The minimum absolute atomic E-state index is 0.0159. The summed E-state index contributed by atoms with van der Waals surface area (Å²) in [6.45, 7) is 4.38. The van der Waals surface area contributed by atoms with E-state index < -0.39 is 16.1 Å². The van der Waals surface area contributed by atoms with E-state index in [1.165, 1.54) is 5.56 Å². The van der Waals surface area contributed by atoms with Crippen molar-refractivity contribution in [1.82, 2.24) is 10.0 Å². The number of carbonyl (C=O) groups is 1. The van der Waals surface area contributed by atoms with Gasteiger partial charge in [0.25, 0.3) is 0 Å². The molecule has 23 heavy (non-hydrogen) atoms. The fourth-order valence-corrected chi connectivity index (χ4v) is 3.57. The Hall–Kier alpha value is -1.40. The quantitative estimate of drug-likeness (QED) is 0.759. The van der Waals surface area contributed by atoms with Crippen molar-refractivity contribution in [3.8, 4) is 0 Å². The highest BCUT2D eigenvalue weighted by Crippen LogP contribution is 2.47. The van der Waals surface area contributed by atoms with E-state index in [1.807, 2.05) is 32.0 Å². The molecule has 0 unspecified atom stereocenters. The molecule has 0 saturated heterocycles. The minimum Gasteiger partial charge on any atom is -0.354 e. The average Bonchev–Trinajstić information content (AvgIpc) is 3.31. The van der Waals surface area contributed by atoms with E-state index >= 15 is 0 Å². The molecule has 2 atom stereocenters. The van der Waals surface area contributed by atoms with Crippen LogP contribution in [0.3, 0.4) is 0 Å². The summed E-state index contributed by atoms with van der Waals surface area (Å²) in [7, 11) is -3.42. The molecular weight excluding hydrogens is 312 g/mol. The molecule has 1 saturated carbocycles. The Kier molecular flexibility index (Phi) is 5.47. The average molecular weight is 338 g/mol. The number of benzene rings is 1. The van der Waals surface area contributed by atoms with Gasteiger partial charge in [0, 0.05) is 12.0 Å². The molecule has 0 aromatic heterocycles. The molecule has 1 aliphatic carbocycles. The second-order valence-electron chi connectivity index (χ2n) is 6.62. The van der Waals surface area contributed by atoms with Gasteiger partial charge in [-0.25, -0.2) is 13.1 Å². The molecule has 2 rings (SSSR count). The molecule has 1 amide bonds. The highest BCUT2D eigenvalue weighted by Gasteiger charge is 2.44. The van der Waals surface area contributed by atoms with Crippen LogP contribution < -0.4 is 10.0 Å². The summed E-state index contributed by atoms with van der Waals surface area (Å²) in [5.74, 6) is -0.302. The fraction of sp³-hybridized carbons (Fsp3) is 0.588. The van der Waals surface area contributed by atoms with Gasteiger partial charge in [-0.2, -0.15) is 0 Å². The molecule has 0 aliphatic heterocycles. The zero-order valence-corrected chi connectivity index (χ0v) is 14.8. The SMILES string of the molecule is CC[C@H](C)[C@@H](NS(C)(=O)=O)C(=O)NCC1(c2ccccc2)CC1. The molecule has 1 aromatic rings. The van der Waals surface area contributed by atoms with Crippen LogP contribution >= 0.6 is 0 Å². The number of nitrogens with one attached hydrogen (secondary N) is 2. The molecule has 0 heterocycles. The Labute approximate surface area is 138 Å². The van der Waals surface area contributed by atoms with Gasteiger partial charge in [0.15, 0.2) is 0 Å². The second-order valence-corrected chi connectivity index (χ2v) is 8.40. The van der Waals surface area contributed by atoms with Crippen molar-refractivity contribution in [2.24, 2.45) is 5.92 Å². The Bertz CT molecular complexity index is 639. The normalized spacial score (nSPS) is 18.9. The van der Waals surface area contributed by atoms with E-state index in [0.29, 0.717) is 6.54 Å². The summed E-state index contributed by atoms with van der Waals surface area (Å²) >= 11 is 0. The molecule has 0 radical (unpaired) electrons. The number of sulfonamides is 1. The standard InChI is InChI=1S/C17H26N2O3S/c1-4-13(2)15(19-23(3,21)22)16(20)18-12-17(10-11-17)14-8-6-5-7-9-14/h5-9,13,15,19H,4,10-12H2,1-3H3,(H,18,20)/t13-,15+/m0/s1. The lowest BCUT2D eigenvalue weighted by Gasteiger charge is -2.24. The summed E-state index contributed by atoms with van der Waals surface area (Å²) in [5.41, 5.74) is 1.25. The van der Waals surface area contributed by atoms with Crippen molar-refractivity contribution >= 4 is 15.9 Å². The van der Waals surface area contributed by atoms with Crippen LogP contribution in [0.15, 0.2) is 30.3 Å². The molecular formula is C17H26N2O3S. The van der Waals surface area contributed by atoms with Gasteiger partial charge < -0.3 is 5.32 Å². The minimum atomic E-state index is -3.42. The first kappa shape index (κ1) is 17.9. The molecule has 1 fully saturated rings. The van der Waals surface area contributed by atoms with Crippen molar-refractivity contribution in [1.29, 1.82) is 0 Å². The van der Waals surface area contributed by atoms with Crippen LogP contribution in [0.25, 0.3) is 0 Å². The highest BCUT2D eigenvalue weighted by molar-refractivity contribution is 7.88. The van der Waals surface area contributed by atoms with E-state index in [-0.39, 0.29) is 17.2 Å². The van der Waals surface area contributed by atoms with Gasteiger partial charge in [-0.3, -0.25) is 4.79 Å². The van der Waals surface area contributed by atoms with E-state index in [4.69, 9.17) is 0 Å². The van der Waals surface area contributed by atoms with Crippen LogP contribution in [-0.2, 0) is 20.2 Å². The topological polar surface area (TPSA) is 75.3 Å². The van der Waals surface area contributed by atoms with E-state index in [2.05, 4.69) is 22.2 Å². The van der Waals surface area contributed by atoms with Crippen molar-refractivity contribution in [2.75, 3.05) is 12.8 Å². The van der Waals surface area contributed by atoms with Crippen LogP contribution in [0.4, 0.5) is 0 Å². The maximum Gasteiger partial charge on any atom is 0.238 e. The largest absolute Gasteiger partial charge is 0.354 e. The maximum atomic E-state index is 12.5. The lowest BCUT2D eigenvalue weighted by molar-refractivity contribution is -0.123. The van der Waals surface area contributed by atoms with Gasteiger partial charge >= 0.3 is 0 Å². The molecule has 2 N–H and O–H groups in total. The Morgan fingerprint density at radius 1 is 1.26 bits per heavy atom. The van der Waals surface area contributed by atoms with Gasteiger partial charge in [-0.1, -0.05) is 50.6 Å². The van der Waals surface area contributed by atoms with Crippen molar-refractivity contribution in [2.45, 2.75) is 44.6 Å². The zero-order chi connectivity index (χ0) is 17.1. The lowest BCUT2D eigenvalue weighted by Crippen LogP contribution is -2.51. The first-order valence-corrected chi connectivity index (χ1v) is 9.97. The predicted octanol–water partition coefficient (Wildman–Crippen LogP) is 1.80. The Morgan fingerprint density at radius 2 is 1.87 bits per heavy atom.